The van der Waals surface area contributed by atoms with Gasteiger partial charge in [-0.05, 0) is 48.9 Å². The average molecular weight is 873 g/mol. The third-order valence-electron chi connectivity index (χ3n) is 10.1. The Hall–Kier alpha value is -6.56. The molecular weight excluding hydrogens is 809 g/mol. The molecule has 1 aliphatic heterocycles. The van der Waals surface area contributed by atoms with E-state index in [9.17, 15) is 19.8 Å². The molecule has 12 heteroatoms. The molecule has 4 aromatic carbocycles. The van der Waals surface area contributed by atoms with Gasteiger partial charge in [0.15, 0.2) is 34.6 Å². The van der Waals surface area contributed by atoms with Crippen molar-refractivity contribution in [1.29, 1.82) is 0 Å². The summed E-state index contributed by atoms with van der Waals surface area (Å²) in [6, 6.07) is 19.6. The standard InChI is InChI=1S/C52H64N4O8/c1-7-9-11-17-23-61-47-25-41-43(27-49(47)63-33-35(3)4)55-31-38(52(60)40-20-14-16-22-46(40)58)30-54-42-26-48(62-24-18-12-10-8-2)50(64-34-36(5)6)28-44(42)56-32-37(29-53-41)51(59)39-19-13-15-21-45(39)57/h13-16,19-22,25-32,35-36,53-54,57-58H,7-12,17-18,23-24,33-34H2,1-6H3/b37-29+,38-30+,55-31?,56-32?. The summed E-state index contributed by atoms with van der Waals surface area (Å²) in [6.45, 7) is 14.2. The van der Waals surface area contributed by atoms with Crippen LogP contribution in [0.3, 0.4) is 0 Å². The molecule has 4 aromatic rings. The third-order valence-corrected chi connectivity index (χ3v) is 10.1. The van der Waals surface area contributed by atoms with Gasteiger partial charge in [0, 0.05) is 49.1 Å². The number of para-hydroxylation sites is 2. The Bertz CT molecular complexity index is 2150. The van der Waals surface area contributed by atoms with Crippen molar-refractivity contribution in [2.75, 3.05) is 37.1 Å². The van der Waals surface area contributed by atoms with Crippen LogP contribution in [0.4, 0.5) is 22.7 Å². The summed E-state index contributed by atoms with van der Waals surface area (Å²) < 4.78 is 25.2. The SMILES string of the molecule is CCCCCCOc1cc2c(cc1OCC(C)C)N=C/C(C(=O)c1ccccc1O)=C\Nc1cc(OCCCCCC)c(OCC(C)C)cc1N=C/C(C(=O)c1ccccc1O)=C\N2. The number of rotatable bonds is 22. The molecule has 0 saturated carbocycles. The van der Waals surface area contributed by atoms with Crippen LogP contribution in [0.5, 0.6) is 34.5 Å². The van der Waals surface area contributed by atoms with Crippen LogP contribution < -0.4 is 29.6 Å². The molecule has 1 heterocycles. The number of hydrogen-bond acceptors (Lipinski definition) is 12. The molecule has 0 unspecified atom stereocenters. The number of ketones is 2. The van der Waals surface area contributed by atoms with Gasteiger partial charge in [0.2, 0.25) is 0 Å². The van der Waals surface area contributed by atoms with Gasteiger partial charge in [0.25, 0.3) is 0 Å². The van der Waals surface area contributed by atoms with Crippen molar-refractivity contribution < 1.29 is 38.7 Å². The zero-order valence-corrected chi connectivity index (χ0v) is 38.1. The van der Waals surface area contributed by atoms with Crippen LogP contribution in [0.25, 0.3) is 0 Å². The van der Waals surface area contributed by atoms with E-state index in [1.54, 1.807) is 60.7 Å². The minimum Gasteiger partial charge on any atom is -0.507 e. The summed E-state index contributed by atoms with van der Waals surface area (Å²) in [5.41, 5.74) is 1.95. The van der Waals surface area contributed by atoms with Crippen LogP contribution in [0.15, 0.2) is 106 Å². The molecule has 1 aliphatic rings. The van der Waals surface area contributed by atoms with Crippen molar-refractivity contribution in [3.8, 4) is 34.5 Å². The number of carbonyl (C=O) groups is 2. The van der Waals surface area contributed by atoms with Gasteiger partial charge >= 0.3 is 0 Å². The zero-order valence-electron chi connectivity index (χ0n) is 38.1. The number of nitrogens with one attached hydrogen (secondary N) is 2. The second-order valence-corrected chi connectivity index (χ2v) is 16.6. The number of benzene rings is 4. The lowest BCUT2D eigenvalue weighted by atomic mass is 10.0. The molecule has 12 nitrogen and oxygen atoms in total. The predicted octanol–water partition coefficient (Wildman–Crippen LogP) is 12.6. The number of ether oxygens (including phenoxy) is 4. The van der Waals surface area contributed by atoms with Crippen LogP contribution in [0.1, 0.15) is 114 Å². The van der Waals surface area contributed by atoms with E-state index in [4.69, 9.17) is 28.9 Å². The molecule has 0 spiro atoms. The van der Waals surface area contributed by atoms with E-state index >= 15 is 0 Å². The monoisotopic (exact) mass is 872 g/mol. The average Bonchev–Trinajstić information content (AvgIpc) is 3.28. The number of nitrogens with zero attached hydrogens (tertiary/aromatic N) is 2. The minimum atomic E-state index is -0.496. The number of Topliss-reactive ketones (excluding diaryl/α,β-unsaturated/α-hetero) is 2. The van der Waals surface area contributed by atoms with E-state index in [2.05, 4.69) is 52.2 Å². The molecular formula is C52H64N4O8. The highest BCUT2D eigenvalue weighted by atomic mass is 16.5. The molecule has 0 aliphatic carbocycles. The number of aromatic hydroxyl groups is 2. The van der Waals surface area contributed by atoms with Gasteiger partial charge in [-0.1, -0.05) is 104 Å². The van der Waals surface area contributed by atoms with Crippen molar-refractivity contribution in [1.82, 2.24) is 0 Å². The molecule has 0 saturated heterocycles. The van der Waals surface area contributed by atoms with E-state index in [-0.39, 0.29) is 45.6 Å². The summed E-state index contributed by atoms with van der Waals surface area (Å²) >= 11 is 0. The topological polar surface area (TPSA) is 160 Å². The number of phenols is 2. The number of phenolic OH excluding ortho intramolecular Hbond substituents is 2. The maximum atomic E-state index is 14.3. The van der Waals surface area contributed by atoms with Gasteiger partial charge in [0.05, 0.1) is 71.5 Å². The van der Waals surface area contributed by atoms with E-state index in [1.807, 2.05) is 0 Å². The second-order valence-electron chi connectivity index (χ2n) is 16.6. The van der Waals surface area contributed by atoms with Crippen LogP contribution in [-0.2, 0) is 0 Å². The number of allylic oxidation sites excluding steroid dienone is 2. The Labute approximate surface area is 378 Å². The lowest BCUT2D eigenvalue weighted by Crippen LogP contribution is -2.10. The molecule has 0 bridgehead atoms. The van der Waals surface area contributed by atoms with Crippen molar-refractivity contribution in [2.24, 2.45) is 21.8 Å². The summed E-state index contributed by atoms with van der Waals surface area (Å²) in [7, 11) is 0. The molecule has 0 fully saturated rings. The Morgan fingerprint density at radius 3 is 1.31 bits per heavy atom. The molecule has 340 valence electrons. The van der Waals surface area contributed by atoms with Crippen LogP contribution in [0.2, 0.25) is 0 Å². The van der Waals surface area contributed by atoms with Crippen LogP contribution >= 0.6 is 0 Å². The number of unbranched alkanes of at least 4 members (excludes halogenated alkanes) is 6. The Morgan fingerprint density at radius 1 is 0.547 bits per heavy atom. The quantitative estimate of drug-likeness (QED) is 0.0442. The summed E-state index contributed by atoms with van der Waals surface area (Å²) in [6.07, 6.45) is 13.9. The molecule has 64 heavy (non-hydrogen) atoms. The molecule has 0 atom stereocenters. The lowest BCUT2D eigenvalue weighted by Gasteiger charge is -2.18. The largest absolute Gasteiger partial charge is 0.507 e. The normalized spacial score (nSPS) is 14.2. The number of hydrogen-bond donors (Lipinski definition) is 4. The molecule has 5 rings (SSSR count). The van der Waals surface area contributed by atoms with Gasteiger partial charge in [-0.3, -0.25) is 19.6 Å². The minimum absolute atomic E-state index is 0.0799. The molecule has 0 aromatic heterocycles. The molecule has 0 radical (unpaired) electrons. The molecule has 0 amide bonds. The molecule has 4 N–H and O–H groups in total. The number of carbonyl (C=O) groups excluding carboxylic acids is 2. The van der Waals surface area contributed by atoms with Gasteiger partial charge in [-0.2, -0.15) is 0 Å². The Balaban J connectivity index is 1.73. The maximum Gasteiger partial charge on any atom is 0.199 e. The Morgan fingerprint density at radius 2 is 0.938 bits per heavy atom. The maximum absolute atomic E-state index is 14.3. The van der Waals surface area contributed by atoms with Crippen molar-refractivity contribution in [3.63, 3.8) is 0 Å². The summed E-state index contributed by atoms with van der Waals surface area (Å²) in [5.74, 6) is 0.931. The van der Waals surface area contributed by atoms with Crippen molar-refractivity contribution >= 4 is 46.7 Å². The first-order chi connectivity index (χ1) is 31.0. The fourth-order valence-electron chi connectivity index (χ4n) is 6.48. The van der Waals surface area contributed by atoms with Gasteiger partial charge in [-0.15, -0.1) is 0 Å². The number of aliphatic imine (C=N–C) groups is 2. The highest BCUT2D eigenvalue weighted by molar-refractivity contribution is 6.23. The zero-order chi connectivity index (χ0) is 45.8. The first kappa shape index (κ1) is 48.5. The first-order valence-electron chi connectivity index (χ1n) is 22.5. The van der Waals surface area contributed by atoms with Gasteiger partial charge in [0.1, 0.15) is 11.5 Å². The smallest absolute Gasteiger partial charge is 0.199 e. The van der Waals surface area contributed by atoms with Crippen molar-refractivity contribution in [2.45, 2.75) is 92.9 Å². The van der Waals surface area contributed by atoms with Crippen molar-refractivity contribution in [3.05, 3.63) is 107 Å². The van der Waals surface area contributed by atoms with Crippen LogP contribution in [-0.4, -0.2) is 60.6 Å². The summed E-state index contributed by atoms with van der Waals surface area (Å²) in [4.78, 5) is 38.3. The van der Waals surface area contributed by atoms with Crippen LogP contribution in [0, 0.1) is 11.8 Å². The predicted molar refractivity (Wildman–Crippen MR) is 257 cm³/mol. The summed E-state index contributed by atoms with van der Waals surface area (Å²) in [5, 5.41) is 28.1. The highest BCUT2D eigenvalue weighted by Gasteiger charge is 2.21. The van der Waals surface area contributed by atoms with Gasteiger partial charge in [-0.25, -0.2) is 0 Å². The third kappa shape index (κ3) is 14.2. The van der Waals surface area contributed by atoms with E-state index < -0.39 is 11.6 Å². The lowest BCUT2D eigenvalue weighted by molar-refractivity contribution is 0.103. The van der Waals surface area contributed by atoms with E-state index in [1.165, 1.54) is 37.0 Å². The fraction of sp³-hybridized carbons (Fsp3) is 0.385. The van der Waals surface area contributed by atoms with E-state index in [0.29, 0.717) is 72.2 Å². The first-order valence-corrected chi connectivity index (χ1v) is 22.5. The Kier molecular flexibility index (Phi) is 18.9. The van der Waals surface area contributed by atoms with E-state index in [0.717, 1.165) is 51.4 Å². The fourth-order valence-corrected chi connectivity index (χ4v) is 6.48. The second kappa shape index (κ2) is 24.9. The van der Waals surface area contributed by atoms with Gasteiger partial charge < -0.3 is 39.8 Å². The number of anilines is 2. The highest BCUT2D eigenvalue weighted by Crippen LogP contribution is 2.41. The number of fused-ring (bicyclic) bond motifs is 2.